The van der Waals surface area contributed by atoms with Crippen molar-refractivity contribution >= 4 is 11.6 Å². The van der Waals surface area contributed by atoms with Crippen LogP contribution in [0.25, 0.3) is 0 Å². The number of carbonyl (C=O) groups excluding carboxylic acids is 1. The second-order valence-electron chi connectivity index (χ2n) is 7.12. The zero-order valence-corrected chi connectivity index (χ0v) is 15.7. The van der Waals surface area contributed by atoms with E-state index in [1.165, 1.54) is 0 Å². The van der Waals surface area contributed by atoms with E-state index in [9.17, 15) is 4.79 Å². The zero-order chi connectivity index (χ0) is 18.8. The van der Waals surface area contributed by atoms with Crippen LogP contribution in [0.4, 0.5) is 0 Å². The van der Waals surface area contributed by atoms with E-state index in [2.05, 4.69) is 15.2 Å². The summed E-state index contributed by atoms with van der Waals surface area (Å²) in [5, 5.41) is 8.08. The number of benzene rings is 1. The highest BCUT2D eigenvalue weighted by Crippen LogP contribution is 2.27. The molecule has 2 aromatic rings. The van der Waals surface area contributed by atoms with Crippen molar-refractivity contribution in [3.8, 4) is 0 Å². The van der Waals surface area contributed by atoms with Crippen LogP contribution in [0.15, 0.2) is 40.0 Å². The van der Waals surface area contributed by atoms with Gasteiger partial charge in [0.15, 0.2) is 6.10 Å². The summed E-state index contributed by atoms with van der Waals surface area (Å²) in [4.78, 5) is 22.5. The van der Waals surface area contributed by atoms with Gasteiger partial charge in [0.05, 0.1) is 5.69 Å². The van der Waals surface area contributed by atoms with E-state index < -0.39 is 0 Å². The normalized spacial score (nSPS) is 20.4. The van der Waals surface area contributed by atoms with Gasteiger partial charge < -0.3 is 14.3 Å². The van der Waals surface area contributed by atoms with Gasteiger partial charge in [-0.25, -0.2) is 0 Å². The second-order valence-corrected chi connectivity index (χ2v) is 7.12. The van der Waals surface area contributed by atoms with Crippen molar-refractivity contribution < 1.29 is 14.2 Å². The van der Waals surface area contributed by atoms with Crippen LogP contribution in [-0.4, -0.2) is 52.8 Å². The third kappa shape index (κ3) is 3.73. The maximum atomic E-state index is 12.8. The van der Waals surface area contributed by atoms with Crippen molar-refractivity contribution in [2.75, 3.05) is 26.2 Å². The van der Waals surface area contributed by atoms with Crippen LogP contribution in [0, 0.1) is 13.8 Å². The molecule has 3 heterocycles. The van der Waals surface area contributed by atoms with Crippen LogP contribution in [0.2, 0.25) is 0 Å². The lowest BCUT2D eigenvalue weighted by atomic mass is 10.0. The molecule has 0 aliphatic carbocycles. The maximum absolute atomic E-state index is 12.8. The Morgan fingerprint density at radius 3 is 2.56 bits per heavy atom. The summed E-state index contributed by atoms with van der Waals surface area (Å²) in [6.07, 6.45) is 0.369. The number of hydrogen-bond acceptors (Lipinski definition) is 6. The monoisotopic (exact) mass is 368 g/mol. The first-order valence-corrected chi connectivity index (χ1v) is 9.33. The molecule has 0 bridgehead atoms. The van der Waals surface area contributed by atoms with E-state index in [1.54, 1.807) is 0 Å². The molecule has 1 amide bonds. The predicted octanol–water partition coefficient (Wildman–Crippen LogP) is 2.45. The lowest BCUT2D eigenvalue weighted by molar-refractivity contribution is -0.126. The van der Waals surface area contributed by atoms with Gasteiger partial charge in [0, 0.05) is 44.7 Å². The highest BCUT2D eigenvalue weighted by Gasteiger charge is 2.32. The van der Waals surface area contributed by atoms with Gasteiger partial charge >= 0.3 is 0 Å². The molecule has 2 aliphatic rings. The standard InChI is InChI=1S/C20H24N4O3/c1-14-17(15(2)26-21-14)13-23-8-10-24(11-9-23)20(25)18-12-19(27-22-18)16-6-4-3-5-7-16/h3-7,19H,8-13H2,1-2H3. The van der Waals surface area contributed by atoms with Gasteiger partial charge in [0.1, 0.15) is 11.5 Å². The van der Waals surface area contributed by atoms with Gasteiger partial charge in [0.2, 0.25) is 0 Å². The average molecular weight is 368 g/mol. The van der Waals surface area contributed by atoms with E-state index >= 15 is 0 Å². The molecule has 142 valence electrons. The second kappa shape index (κ2) is 7.52. The fraction of sp³-hybridized carbons (Fsp3) is 0.450. The van der Waals surface area contributed by atoms with Gasteiger partial charge in [-0.05, 0) is 19.4 Å². The van der Waals surface area contributed by atoms with Crippen molar-refractivity contribution in [2.45, 2.75) is 32.9 Å². The summed E-state index contributed by atoms with van der Waals surface area (Å²) < 4.78 is 5.24. The summed E-state index contributed by atoms with van der Waals surface area (Å²) in [6.45, 7) is 7.75. The minimum absolute atomic E-state index is 0.00887. The fourth-order valence-electron chi connectivity index (χ4n) is 3.59. The van der Waals surface area contributed by atoms with Gasteiger partial charge in [-0.3, -0.25) is 9.69 Å². The molecule has 0 N–H and O–H groups in total. The molecule has 1 aromatic heterocycles. The summed E-state index contributed by atoms with van der Waals surface area (Å²) in [6, 6.07) is 9.91. The van der Waals surface area contributed by atoms with E-state index in [1.807, 2.05) is 49.1 Å². The van der Waals surface area contributed by atoms with Crippen molar-refractivity contribution in [1.29, 1.82) is 0 Å². The molecular weight excluding hydrogens is 344 g/mol. The first kappa shape index (κ1) is 17.7. The third-order valence-electron chi connectivity index (χ3n) is 5.31. The van der Waals surface area contributed by atoms with Crippen molar-refractivity contribution in [1.82, 2.24) is 15.0 Å². The van der Waals surface area contributed by atoms with E-state index in [4.69, 9.17) is 9.36 Å². The molecule has 1 atom stereocenters. The average Bonchev–Trinajstić information content (AvgIpc) is 3.31. The molecule has 0 saturated carbocycles. The van der Waals surface area contributed by atoms with Gasteiger partial charge in [-0.2, -0.15) is 0 Å². The van der Waals surface area contributed by atoms with Crippen LogP contribution < -0.4 is 0 Å². The number of aromatic nitrogens is 1. The number of aryl methyl sites for hydroxylation is 2. The minimum Gasteiger partial charge on any atom is -0.387 e. The van der Waals surface area contributed by atoms with E-state index in [0.717, 1.165) is 42.2 Å². The Labute approximate surface area is 158 Å². The Kier molecular flexibility index (Phi) is 4.94. The number of oxime groups is 1. The van der Waals surface area contributed by atoms with E-state index in [0.29, 0.717) is 25.2 Å². The molecule has 7 nitrogen and oxygen atoms in total. The molecule has 4 rings (SSSR count). The highest BCUT2D eigenvalue weighted by atomic mass is 16.6. The summed E-state index contributed by atoms with van der Waals surface area (Å²) in [7, 11) is 0. The number of piperazine rings is 1. The Morgan fingerprint density at radius 2 is 1.89 bits per heavy atom. The Balaban J connectivity index is 1.30. The third-order valence-corrected chi connectivity index (χ3v) is 5.31. The number of amides is 1. The van der Waals surface area contributed by atoms with Gasteiger partial charge in [-0.15, -0.1) is 0 Å². The molecule has 0 radical (unpaired) electrons. The predicted molar refractivity (Wildman–Crippen MR) is 100 cm³/mol. The van der Waals surface area contributed by atoms with Crippen LogP contribution in [0.5, 0.6) is 0 Å². The topological polar surface area (TPSA) is 71.2 Å². The fourth-order valence-corrected chi connectivity index (χ4v) is 3.59. The van der Waals surface area contributed by atoms with Crippen molar-refractivity contribution in [2.24, 2.45) is 5.16 Å². The SMILES string of the molecule is Cc1noc(C)c1CN1CCN(C(=O)C2=NOC(c3ccccc3)C2)CC1. The Hall–Kier alpha value is -2.67. The molecule has 7 heteroatoms. The molecule has 0 spiro atoms. The first-order valence-electron chi connectivity index (χ1n) is 9.33. The first-order chi connectivity index (χ1) is 13.1. The maximum Gasteiger partial charge on any atom is 0.271 e. The summed E-state index contributed by atoms with van der Waals surface area (Å²) in [5.74, 6) is 0.862. The largest absolute Gasteiger partial charge is 0.387 e. The molecule has 2 aliphatic heterocycles. The molecule has 1 unspecified atom stereocenters. The van der Waals surface area contributed by atoms with Crippen LogP contribution in [0.1, 0.15) is 35.1 Å². The lowest BCUT2D eigenvalue weighted by Gasteiger charge is -2.34. The Bertz CT molecular complexity index is 819. The van der Waals surface area contributed by atoms with Gasteiger partial charge in [0.25, 0.3) is 5.91 Å². The minimum atomic E-state index is -0.161. The van der Waals surface area contributed by atoms with Crippen LogP contribution in [-0.2, 0) is 16.2 Å². The van der Waals surface area contributed by atoms with Crippen LogP contribution >= 0.6 is 0 Å². The molecule has 27 heavy (non-hydrogen) atoms. The van der Waals surface area contributed by atoms with Crippen molar-refractivity contribution in [3.63, 3.8) is 0 Å². The molecule has 1 saturated heterocycles. The Morgan fingerprint density at radius 1 is 1.15 bits per heavy atom. The molecule has 1 aromatic carbocycles. The summed E-state index contributed by atoms with van der Waals surface area (Å²) >= 11 is 0. The highest BCUT2D eigenvalue weighted by molar-refractivity contribution is 6.39. The van der Waals surface area contributed by atoms with Crippen LogP contribution in [0.3, 0.4) is 0 Å². The zero-order valence-electron chi connectivity index (χ0n) is 15.7. The number of carbonyl (C=O) groups is 1. The molecular formula is C20H24N4O3. The smallest absolute Gasteiger partial charge is 0.271 e. The quantitative estimate of drug-likeness (QED) is 0.829. The van der Waals surface area contributed by atoms with Crippen molar-refractivity contribution in [3.05, 3.63) is 52.9 Å². The lowest BCUT2D eigenvalue weighted by Crippen LogP contribution is -2.50. The van der Waals surface area contributed by atoms with E-state index in [-0.39, 0.29) is 12.0 Å². The molecule has 1 fully saturated rings. The number of nitrogens with zero attached hydrogens (tertiary/aromatic N) is 4. The van der Waals surface area contributed by atoms with Gasteiger partial charge in [-0.1, -0.05) is 40.6 Å². The number of hydrogen-bond donors (Lipinski definition) is 0. The summed E-state index contributed by atoms with van der Waals surface area (Å²) in [5.41, 5.74) is 3.65. The number of rotatable bonds is 4.